The van der Waals surface area contributed by atoms with Gasteiger partial charge in [-0.2, -0.15) is 13.2 Å². The van der Waals surface area contributed by atoms with E-state index in [1.807, 2.05) is 0 Å². The summed E-state index contributed by atoms with van der Waals surface area (Å²) in [5.74, 6) is 0. The van der Waals surface area contributed by atoms with Gasteiger partial charge in [-0.15, -0.1) is 0 Å². The Bertz CT molecular complexity index is 265. The second-order valence-electron chi connectivity index (χ2n) is 2.59. The van der Waals surface area contributed by atoms with Crippen LogP contribution >= 0.6 is 0 Å². The molecule has 0 atom stereocenters. The zero-order valence-corrected chi connectivity index (χ0v) is 7.00. The quantitative estimate of drug-likeness (QED) is 0.566. The summed E-state index contributed by atoms with van der Waals surface area (Å²) in [5, 5.41) is 4.93. The van der Waals surface area contributed by atoms with Crippen LogP contribution in [0.15, 0.2) is 23.2 Å². The van der Waals surface area contributed by atoms with E-state index in [4.69, 9.17) is 5.73 Å². The fourth-order valence-electron chi connectivity index (χ4n) is 0.994. The van der Waals surface area contributed by atoms with Crippen molar-refractivity contribution in [1.29, 1.82) is 0 Å². The lowest BCUT2D eigenvalue weighted by molar-refractivity contribution is -0.0968. The van der Waals surface area contributed by atoms with Crippen molar-refractivity contribution in [3.8, 4) is 0 Å². The van der Waals surface area contributed by atoms with Crippen molar-refractivity contribution in [2.45, 2.75) is 6.18 Å². The van der Waals surface area contributed by atoms with Crippen LogP contribution in [0.1, 0.15) is 0 Å². The first-order chi connectivity index (χ1) is 5.95. The van der Waals surface area contributed by atoms with E-state index in [0.717, 1.165) is 6.08 Å². The number of halogens is 3. The number of dihydropyridines is 1. The molecule has 0 radical (unpaired) electrons. The third-order valence-electron chi connectivity index (χ3n) is 1.71. The van der Waals surface area contributed by atoms with Crippen LogP contribution in [0.4, 0.5) is 13.2 Å². The molecule has 74 valence electrons. The number of nitrogens with one attached hydrogen (secondary N) is 2. The molecule has 0 amide bonds. The van der Waals surface area contributed by atoms with E-state index in [-0.39, 0.29) is 12.2 Å². The number of hydrogen-bond acceptors (Lipinski definition) is 3. The Hall–Kier alpha value is -1.33. The van der Waals surface area contributed by atoms with Crippen molar-refractivity contribution in [2.75, 3.05) is 13.6 Å². The van der Waals surface area contributed by atoms with Gasteiger partial charge < -0.3 is 16.4 Å². The lowest BCUT2D eigenvalue weighted by Crippen LogP contribution is -2.35. The Morgan fingerprint density at radius 3 is 2.54 bits per heavy atom. The van der Waals surface area contributed by atoms with Crippen molar-refractivity contribution < 1.29 is 13.2 Å². The van der Waals surface area contributed by atoms with Gasteiger partial charge in [-0.1, -0.05) is 0 Å². The van der Waals surface area contributed by atoms with Crippen LogP contribution in [0, 0.1) is 0 Å². The van der Waals surface area contributed by atoms with Gasteiger partial charge in [0.2, 0.25) is 0 Å². The molecule has 0 saturated heterocycles. The zero-order chi connectivity index (χ0) is 10.1. The molecule has 0 saturated carbocycles. The summed E-state index contributed by atoms with van der Waals surface area (Å²) in [5.41, 5.74) is 5.26. The lowest BCUT2D eigenvalue weighted by Gasteiger charge is -2.21. The summed E-state index contributed by atoms with van der Waals surface area (Å²) >= 11 is 0. The maximum absolute atomic E-state index is 12.1. The molecule has 0 unspecified atom stereocenters. The monoisotopic (exact) mass is 193 g/mol. The third kappa shape index (κ3) is 2.07. The Labute approximate surface area is 73.5 Å². The maximum Gasteiger partial charge on any atom is 0.430 e. The highest BCUT2D eigenvalue weighted by Crippen LogP contribution is 2.25. The summed E-state index contributed by atoms with van der Waals surface area (Å²) in [6.07, 6.45) is -3.47. The van der Waals surface area contributed by atoms with Crippen molar-refractivity contribution in [1.82, 2.24) is 10.6 Å². The topological polar surface area (TPSA) is 50.1 Å². The van der Waals surface area contributed by atoms with E-state index >= 15 is 0 Å². The van der Waals surface area contributed by atoms with Gasteiger partial charge in [0.05, 0.1) is 17.9 Å². The normalized spacial score (nSPS) is 18.0. The minimum absolute atomic E-state index is 0.0771. The predicted octanol–water partition coefficient (Wildman–Crippen LogP) is 0.425. The van der Waals surface area contributed by atoms with Crippen LogP contribution in [-0.2, 0) is 0 Å². The SMILES string of the molecule is CNC1=C(N)C=C(C(F)(F)F)NC1. The highest BCUT2D eigenvalue weighted by atomic mass is 19.4. The molecular formula is C7H10F3N3. The minimum Gasteiger partial charge on any atom is -0.397 e. The van der Waals surface area contributed by atoms with Crippen LogP contribution in [-0.4, -0.2) is 19.8 Å². The molecule has 4 N–H and O–H groups in total. The third-order valence-corrected chi connectivity index (χ3v) is 1.71. The molecule has 0 aromatic rings. The van der Waals surface area contributed by atoms with Crippen molar-refractivity contribution in [3.05, 3.63) is 23.2 Å². The number of nitrogens with two attached hydrogens (primary N) is 1. The predicted molar refractivity (Wildman–Crippen MR) is 42.4 cm³/mol. The second-order valence-corrected chi connectivity index (χ2v) is 2.59. The molecule has 13 heavy (non-hydrogen) atoms. The van der Waals surface area contributed by atoms with Gasteiger partial charge in [0.15, 0.2) is 0 Å². The smallest absolute Gasteiger partial charge is 0.397 e. The maximum atomic E-state index is 12.1. The van der Waals surface area contributed by atoms with Gasteiger partial charge in [0.1, 0.15) is 5.70 Å². The Morgan fingerprint density at radius 1 is 1.54 bits per heavy atom. The number of hydrogen-bond donors (Lipinski definition) is 3. The molecule has 1 heterocycles. The molecule has 6 heteroatoms. The number of rotatable bonds is 1. The zero-order valence-electron chi connectivity index (χ0n) is 7.00. The van der Waals surface area contributed by atoms with Crippen molar-refractivity contribution in [3.63, 3.8) is 0 Å². The van der Waals surface area contributed by atoms with Crippen LogP contribution in [0.25, 0.3) is 0 Å². The average Bonchev–Trinajstić information content (AvgIpc) is 2.02. The first kappa shape index (κ1) is 9.76. The van der Waals surface area contributed by atoms with E-state index in [1.54, 1.807) is 7.05 Å². The average molecular weight is 193 g/mol. The molecule has 3 nitrogen and oxygen atoms in total. The largest absolute Gasteiger partial charge is 0.430 e. The minimum atomic E-state index is -4.36. The highest BCUT2D eigenvalue weighted by molar-refractivity contribution is 5.32. The Morgan fingerprint density at radius 2 is 2.15 bits per heavy atom. The van der Waals surface area contributed by atoms with Crippen LogP contribution in [0.2, 0.25) is 0 Å². The molecular weight excluding hydrogens is 183 g/mol. The fraction of sp³-hybridized carbons (Fsp3) is 0.429. The molecule has 0 aromatic carbocycles. The molecule has 0 aromatic heterocycles. The van der Waals surface area contributed by atoms with Gasteiger partial charge in [-0.3, -0.25) is 0 Å². The molecule has 1 aliphatic heterocycles. The van der Waals surface area contributed by atoms with Gasteiger partial charge in [0.25, 0.3) is 0 Å². The molecule has 0 bridgehead atoms. The number of alkyl halides is 3. The molecule has 0 aliphatic carbocycles. The summed E-state index contributed by atoms with van der Waals surface area (Å²) in [6, 6.07) is 0. The molecule has 1 rings (SSSR count). The van der Waals surface area contributed by atoms with Gasteiger partial charge in [-0.05, 0) is 6.08 Å². The van der Waals surface area contributed by atoms with E-state index in [9.17, 15) is 13.2 Å². The second kappa shape index (κ2) is 3.20. The van der Waals surface area contributed by atoms with Crippen LogP contribution in [0.3, 0.4) is 0 Å². The first-order valence-electron chi connectivity index (χ1n) is 3.64. The van der Waals surface area contributed by atoms with E-state index < -0.39 is 11.9 Å². The highest BCUT2D eigenvalue weighted by Gasteiger charge is 2.35. The molecule has 0 spiro atoms. The van der Waals surface area contributed by atoms with E-state index in [1.165, 1.54) is 0 Å². The molecule has 1 aliphatic rings. The van der Waals surface area contributed by atoms with Crippen molar-refractivity contribution in [2.24, 2.45) is 5.73 Å². The summed E-state index contributed by atoms with van der Waals surface area (Å²) in [4.78, 5) is 0. The molecule has 0 fully saturated rings. The van der Waals surface area contributed by atoms with Gasteiger partial charge >= 0.3 is 6.18 Å². The lowest BCUT2D eigenvalue weighted by atomic mass is 10.2. The first-order valence-corrected chi connectivity index (χ1v) is 3.64. The van der Waals surface area contributed by atoms with Gasteiger partial charge in [-0.25, -0.2) is 0 Å². The number of likely N-dealkylation sites (N-methyl/N-ethyl adjacent to an activating group) is 1. The van der Waals surface area contributed by atoms with E-state index in [0.29, 0.717) is 5.70 Å². The van der Waals surface area contributed by atoms with Crippen LogP contribution in [0.5, 0.6) is 0 Å². The van der Waals surface area contributed by atoms with E-state index in [2.05, 4.69) is 10.6 Å². The summed E-state index contributed by atoms with van der Waals surface area (Å²) < 4.78 is 36.3. The summed E-state index contributed by atoms with van der Waals surface area (Å²) in [6.45, 7) is 0.0771. The standard InChI is InChI=1S/C7H10F3N3/c1-12-5-3-13-6(2-4(5)11)7(8,9)10/h2,12-13H,3,11H2,1H3. The number of allylic oxidation sites excluding steroid dienone is 2. The van der Waals surface area contributed by atoms with Gasteiger partial charge in [0, 0.05) is 7.05 Å². The Kier molecular flexibility index (Phi) is 2.40. The van der Waals surface area contributed by atoms with Crippen LogP contribution < -0.4 is 16.4 Å². The fourth-order valence-corrected chi connectivity index (χ4v) is 0.994. The summed E-state index contributed by atoms with van der Waals surface area (Å²) in [7, 11) is 1.61. The van der Waals surface area contributed by atoms with Crippen molar-refractivity contribution >= 4 is 0 Å². The Balaban J connectivity index is 2.90.